The normalized spacial score (nSPS) is 14.4. The average Bonchev–Trinajstić information content (AvgIpc) is 3.23. The van der Waals surface area contributed by atoms with E-state index in [-0.39, 0.29) is 17.6 Å². The Morgan fingerprint density at radius 1 is 0.964 bits per heavy atom. The van der Waals surface area contributed by atoms with Gasteiger partial charge in [0.1, 0.15) is 6.04 Å². The van der Waals surface area contributed by atoms with Crippen LogP contribution in [0.3, 0.4) is 0 Å². The molecule has 1 aliphatic rings. The largest absolute Gasteiger partial charge is 0.371 e. The zero-order valence-corrected chi connectivity index (χ0v) is 16.2. The van der Waals surface area contributed by atoms with Gasteiger partial charge < -0.3 is 15.5 Å². The molecule has 1 heterocycles. The van der Waals surface area contributed by atoms with E-state index in [4.69, 9.17) is 0 Å². The van der Waals surface area contributed by atoms with Gasteiger partial charge in [-0.3, -0.25) is 14.4 Å². The maximum atomic E-state index is 12.5. The molecule has 28 heavy (non-hydrogen) atoms. The zero-order valence-electron chi connectivity index (χ0n) is 16.2. The molecule has 1 saturated heterocycles. The van der Waals surface area contributed by atoms with Gasteiger partial charge in [-0.05, 0) is 57.0 Å². The second kappa shape index (κ2) is 8.69. The van der Waals surface area contributed by atoms with Gasteiger partial charge >= 0.3 is 0 Å². The summed E-state index contributed by atoms with van der Waals surface area (Å²) in [5.41, 5.74) is 2.75. The lowest BCUT2D eigenvalue weighted by Gasteiger charge is -2.19. The molecule has 2 N–H and O–H groups in total. The van der Waals surface area contributed by atoms with E-state index in [1.54, 1.807) is 31.2 Å². The highest BCUT2D eigenvalue weighted by Gasteiger charge is 2.18. The Bertz CT molecular complexity index is 871. The molecule has 0 radical (unpaired) electrons. The van der Waals surface area contributed by atoms with E-state index in [0.29, 0.717) is 16.8 Å². The van der Waals surface area contributed by atoms with Crippen LogP contribution in [0.5, 0.6) is 0 Å². The molecule has 1 fully saturated rings. The van der Waals surface area contributed by atoms with E-state index >= 15 is 0 Å². The first-order valence-corrected chi connectivity index (χ1v) is 9.52. The monoisotopic (exact) mass is 379 g/mol. The third kappa shape index (κ3) is 4.76. The molecule has 6 heteroatoms. The summed E-state index contributed by atoms with van der Waals surface area (Å²) < 4.78 is 0. The van der Waals surface area contributed by atoms with Gasteiger partial charge in [-0.2, -0.15) is 0 Å². The van der Waals surface area contributed by atoms with Gasteiger partial charge in [0.15, 0.2) is 5.78 Å². The van der Waals surface area contributed by atoms with Crippen LogP contribution in [0, 0.1) is 0 Å². The highest BCUT2D eigenvalue weighted by molar-refractivity contribution is 6.02. The molecule has 2 aromatic rings. The number of benzene rings is 2. The molecule has 1 atom stereocenters. The number of amides is 2. The highest BCUT2D eigenvalue weighted by Crippen LogP contribution is 2.23. The quantitative estimate of drug-likeness (QED) is 0.755. The second-order valence-electron chi connectivity index (χ2n) is 7.06. The number of hydrogen-bond donors (Lipinski definition) is 2. The average molecular weight is 379 g/mol. The van der Waals surface area contributed by atoms with Crippen LogP contribution < -0.4 is 15.5 Å². The third-order valence-corrected chi connectivity index (χ3v) is 4.88. The lowest BCUT2D eigenvalue weighted by Crippen LogP contribution is -2.41. The van der Waals surface area contributed by atoms with E-state index < -0.39 is 6.04 Å². The summed E-state index contributed by atoms with van der Waals surface area (Å²) in [5, 5.41) is 5.55. The number of nitrogens with zero attached hydrogens (tertiary/aromatic N) is 1. The van der Waals surface area contributed by atoms with Crippen molar-refractivity contribution in [3.05, 3.63) is 59.7 Å². The number of ketones is 1. The maximum absolute atomic E-state index is 12.5. The summed E-state index contributed by atoms with van der Waals surface area (Å²) in [7, 11) is 0. The lowest BCUT2D eigenvalue weighted by molar-refractivity contribution is -0.117. The van der Waals surface area contributed by atoms with Gasteiger partial charge in [-0.1, -0.05) is 18.2 Å². The van der Waals surface area contributed by atoms with Crippen LogP contribution in [0.15, 0.2) is 48.5 Å². The highest BCUT2D eigenvalue weighted by atomic mass is 16.2. The number of carbonyl (C=O) groups excluding carboxylic acids is 3. The topological polar surface area (TPSA) is 78.5 Å². The Balaban J connectivity index is 1.59. The van der Waals surface area contributed by atoms with Crippen LogP contribution in [0.1, 0.15) is 47.4 Å². The fraction of sp³-hybridized carbons (Fsp3) is 0.318. The summed E-state index contributed by atoms with van der Waals surface area (Å²) in [6.07, 6.45) is 2.38. The van der Waals surface area contributed by atoms with Crippen LogP contribution in [0.4, 0.5) is 11.4 Å². The molecular weight excluding hydrogens is 354 g/mol. The lowest BCUT2D eigenvalue weighted by atomic mass is 10.1. The minimum atomic E-state index is -0.699. The van der Waals surface area contributed by atoms with Crippen molar-refractivity contribution in [3.8, 4) is 0 Å². The Morgan fingerprint density at radius 2 is 1.61 bits per heavy atom. The first-order chi connectivity index (χ1) is 13.4. The van der Waals surface area contributed by atoms with Gasteiger partial charge in [0, 0.05) is 35.6 Å². The van der Waals surface area contributed by atoms with Crippen molar-refractivity contribution in [2.24, 2.45) is 0 Å². The van der Waals surface area contributed by atoms with E-state index in [1.807, 2.05) is 24.3 Å². The van der Waals surface area contributed by atoms with Gasteiger partial charge in [0.05, 0.1) is 0 Å². The third-order valence-electron chi connectivity index (χ3n) is 4.88. The van der Waals surface area contributed by atoms with Crippen molar-refractivity contribution in [1.29, 1.82) is 0 Å². The van der Waals surface area contributed by atoms with Gasteiger partial charge in [0.25, 0.3) is 5.91 Å². The Morgan fingerprint density at radius 3 is 2.25 bits per heavy atom. The number of Topliss-reactive ketones (excluding diaryl/α,β-unsaturated/α-hetero) is 1. The molecule has 1 unspecified atom stereocenters. The van der Waals surface area contributed by atoms with E-state index in [1.165, 1.54) is 19.8 Å². The summed E-state index contributed by atoms with van der Waals surface area (Å²) in [6.45, 7) is 5.18. The van der Waals surface area contributed by atoms with Crippen molar-refractivity contribution >= 4 is 29.0 Å². The molecule has 0 aliphatic carbocycles. The molecule has 1 aliphatic heterocycles. The molecule has 0 spiro atoms. The predicted molar refractivity (Wildman–Crippen MR) is 110 cm³/mol. The number of hydrogen-bond acceptors (Lipinski definition) is 4. The number of nitrogens with one attached hydrogen (secondary N) is 2. The van der Waals surface area contributed by atoms with Crippen LogP contribution in [0.25, 0.3) is 0 Å². The first-order valence-electron chi connectivity index (χ1n) is 9.52. The van der Waals surface area contributed by atoms with Crippen molar-refractivity contribution in [3.63, 3.8) is 0 Å². The van der Waals surface area contributed by atoms with E-state index in [9.17, 15) is 14.4 Å². The summed E-state index contributed by atoms with van der Waals surface area (Å²) >= 11 is 0. The minimum absolute atomic E-state index is 0.0594. The first kappa shape index (κ1) is 19.6. The van der Waals surface area contributed by atoms with Crippen LogP contribution in [0.2, 0.25) is 0 Å². The predicted octanol–water partition coefficient (Wildman–Crippen LogP) is 3.25. The van der Waals surface area contributed by atoms with Crippen molar-refractivity contribution in [1.82, 2.24) is 5.32 Å². The SMILES string of the molecule is CC(=O)c1ccc(C(=O)NC(C)C(=O)Nc2cccc(N3CCCC3)c2)cc1. The standard InChI is InChI=1S/C22H25N3O3/c1-15(23-22(28)18-10-8-17(9-11-18)16(2)26)21(27)24-19-6-5-7-20(14-19)25-12-3-4-13-25/h5-11,14-15H,3-4,12-13H2,1-2H3,(H,23,28)(H,24,27). The number of rotatable bonds is 6. The van der Waals surface area contributed by atoms with Gasteiger partial charge in [-0.15, -0.1) is 0 Å². The molecule has 3 rings (SSSR count). The molecule has 0 aromatic heterocycles. The summed E-state index contributed by atoms with van der Waals surface area (Å²) in [5.74, 6) is -0.702. The Hall–Kier alpha value is -3.15. The Labute approximate surface area is 164 Å². The van der Waals surface area contributed by atoms with E-state index in [2.05, 4.69) is 15.5 Å². The molecule has 146 valence electrons. The van der Waals surface area contributed by atoms with Crippen LogP contribution in [-0.2, 0) is 4.79 Å². The fourth-order valence-corrected chi connectivity index (χ4v) is 3.21. The summed E-state index contributed by atoms with van der Waals surface area (Å²) in [4.78, 5) is 38.4. The molecule has 2 amide bonds. The maximum Gasteiger partial charge on any atom is 0.251 e. The zero-order chi connectivity index (χ0) is 20.1. The van der Waals surface area contributed by atoms with Crippen molar-refractivity contribution in [2.45, 2.75) is 32.7 Å². The number of carbonyl (C=O) groups is 3. The van der Waals surface area contributed by atoms with Crippen molar-refractivity contribution < 1.29 is 14.4 Å². The Kier molecular flexibility index (Phi) is 6.09. The molecule has 6 nitrogen and oxygen atoms in total. The van der Waals surface area contributed by atoms with E-state index in [0.717, 1.165) is 18.8 Å². The van der Waals surface area contributed by atoms with Crippen LogP contribution >= 0.6 is 0 Å². The smallest absolute Gasteiger partial charge is 0.251 e. The number of anilines is 2. The van der Waals surface area contributed by atoms with Gasteiger partial charge in [-0.25, -0.2) is 0 Å². The molecule has 0 saturated carbocycles. The summed E-state index contributed by atoms with van der Waals surface area (Å²) in [6, 6.07) is 13.4. The molecule has 0 bridgehead atoms. The fourth-order valence-electron chi connectivity index (χ4n) is 3.21. The van der Waals surface area contributed by atoms with Crippen LogP contribution in [-0.4, -0.2) is 36.7 Å². The second-order valence-corrected chi connectivity index (χ2v) is 7.06. The minimum Gasteiger partial charge on any atom is -0.371 e. The van der Waals surface area contributed by atoms with Gasteiger partial charge in [0.2, 0.25) is 5.91 Å². The van der Waals surface area contributed by atoms with Crippen molar-refractivity contribution in [2.75, 3.05) is 23.3 Å². The molecular formula is C22H25N3O3. The molecule has 2 aromatic carbocycles.